The summed E-state index contributed by atoms with van der Waals surface area (Å²) in [6.07, 6.45) is 0. The average molecular weight is 232 g/mol. The van der Waals surface area contributed by atoms with Gasteiger partial charge in [0.2, 0.25) is 5.78 Å². The number of hydrogen-bond donors (Lipinski definition) is 1. The molecule has 8 nitrogen and oxygen atoms in total. The van der Waals surface area contributed by atoms with Gasteiger partial charge in [-0.15, -0.1) is 0 Å². The molecule has 0 fully saturated rings. The summed E-state index contributed by atoms with van der Waals surface area (Å²) in [6, 6.07) is 0. The van der Waals surface area contributed by atoms with Crippen molar-refractivity contribution in [3.05, 3.63) is 5.53 Å². The number of carbonyl (C=O) groups is 2. The summed E-state index contributed by atoms with van der Waals surface area (Å²) in [6.45, 7) is 6.07. The zero-order valence-electron chi connectivity index (χ0n) is 9.63. The van der Waals surface area contributed by atoms with E-state index < -0.39 is 5.97 Å². The van der Waals surface area contributed by atoms with E-state index in [2.05, 4.69) is 4.79 Å². The molecular formula is C8H16N4O4. The van der Waals surface area contributed by atoms with Crippen LogP contribution in [0.1, 0.15) is 27.7 Å². The van der Waals surface area contributed by atoms with Gasteiger partial charge in [-0.05, 0) is 0 Å². The molecule has 0 aliphatic rings. The second-order valence-corrected chi connectivity index (χ2v) is 2.73. The van der Waals surface area contributed by atoms with E-state index in [1.165, 1.54) is 13.8 Å². The molecule has 0 aliphatic carbocycles. The fraction of sp³-hybridized carbons (Fsp3) is 0.625. The largest absolute Gasteiger partial charge is 0.481 e. The van der Waals surface area contributed by atoms with E-state index in [1.807, 2.05) is 0 Å². The van der Waals surface area contributed by atoms with Crippen LogP contribution in [0.2, 0.25) is 0 Å². The highest BCUT2D eigenvalue weighted by atomic mass is 16.4. The molecule has 0 spiro atoms. The highest BCUT2D eigenvalue weighted by Crippen LogP contribution is 1.87. The highest BCUT2D eigenvalue weighted by Gasteiger charge is 2.02. The van der Waals surface area contributed by atoms with E-state index in [-0.39, 0.29) is 22.9 Å². The Labute approximate surface area is 93.2 Å². The highest BCUT2D eigenvalue weighted by molar-refractivity contribution is 6.35. The van der Waals surface area contributed by atoms with Crippen molar-refractivity contribution in [2.75, 3.05) is 0 Å². The van der Waals surface area contributed by atoms with Gasteiger partial charge in [0.1, 0.15) is 0 Å². The monoisotopic (exact) mass is 232 g/mol. The van der Waals surface area contributed by atoms with Crippen LogP contribution in [0.3, 0.4) is 0 Å². The van der Waals surface area contributed by atoms with Crippen molar-refractivity contribution >= 4 is 17.5 Å². The lowest BCUT2D eigenvalue weighted by Gasteiger charge is -1.89. The number of carbonyl (C=O) groups excluding carboxylic acids is 1. The van der Waals surface area contributed by atoms with E-state index in [0.717, 1.165) is 0 Å². The molecule has 16 heavy (non-hydrogen) atoms. The molecule has 0 aromatic carbocycles. The molecule has 0 bridgehead atoms. The van der Waals surface area contributed by atoms with Gasteiger partial charge in [-0.3, -0.25) is 9.59 Å². The summed E-state index contributed by atoms with van der Waals surface area (Å²) < 4.78 is 0. The van der Waals surface area contributed by atoms with E-state index in [1.54, 1.807) is 13.8 Å². The van der Waals surface area contributed by atoms with Crippen LogP contribution >= 0.6 is 0 Å². The summed E-state index contributed by atoms with van der Waals surface area (Å²) in [5.74, 6) is -1.18. The third-order valence-corrected chi connectivity index (χ3v) is 1.15. The number of ketones is 1. The maximum absolute atomic E-state index is 10.1. The summed E-state index contributed by atoms with van der Waals surface area (Å²) in [5, 5.41) is 20.0. The Hall–Kier alpha value is -2.10. The summed E-state index contributed by atoms with van der Waals surface area (Å²) in [5.41, 5.74) is 8.01. The zero-order chi connectivity index (χ0) is 13.0. The first-order valence-electron chi connectivity index (χ1n) is 3.95. The van der Waals surface area contributed by atoms with Crippen molar-refractivity contribution in [2.45, 2.75) is 27.7 Å². The Balaban J connectivity index is -0.0000000743. The van der Waals surface area contributed by atoms with Crippen molar-refractivity contribution in [3.63, 3.8) is 0 Å². The Bertz CT molecular complexity index is 279. The normalized spacial score (nSPS) is 6.69. The van der Waals surface area contributed by atoms with Crippen LogP contribution in [0.5, 0.6) is 0 Å². The standard InChI is InChI=1S/C4H6N2O.C4H8O2.N2.H2O/c1-3(6-5)4(2)7;1-3(2)4(5)6;1-2;/h1-2H3;3H,1-2H3,(H,5,6);;1H2. The fourth-order valence-corrected chi connectivity index (χ4v) is 0.0704. The molecule has 0 unspecified atom stereocenters. The van der Waals surface area contributed by atoms with Gasteiger partial charge in [-0.2, -0.15) is 4.79 Å². The van der Waals surface area contributed by atoms with Gasteiger partial charge in [0.25, 0.3) is 0 Å². The van der Waals surface area contributed by atoms with Crippen molar-refractivity contribution in [2.24, 2.45) is 5.92 Å². The van der Waals surface area contributed by atoms with Crippen LogP contribution in [0.4, 0.5) is 0 Å². The maximum Gasteiger partial charge on any atom is 0.331 e. The lowest BCUT2D eigenvalue weighted by Crippen LogP contribution is -2.04. The van der Waals surface area contributed by atoms with Crippen LogP contribution in [-0.4, -0.2) is 32.8 Å². The maximum atomic E-state index is 10.1. The first-order chi connectivity index (χ1) is 6.82. The first-order valence-corrected chi connectivity index (χ1v) is 3.95. The van der Waals surface area contributed by atoms with Gasteiger partial charge in [0.05, 0.1) is 5.92 Å². The molecule has 3 N–H and O–H groups in total. The molecule has 0 radical (unpaired) electrons. The third kappa shape index (κ3) is 22.7. The van der Waals surface area contributed by atoms with Crippen LogP contribution in [0.25, 0.3) is 5.53 Å². The topological polar surface area (TPSA) is 170 Å². The van der Waals surface area contributed by atoms with Crippen molar-refractivity contribution in [3.8, 4) is 0 Å². The number of carboxylic acid groups (broad SMARTS) is 1. The number of Topliss-reactive ketones (excluding diaryl/α,β-unsaturated/α-hetero) is 1. The molecule has 0 aromatic rings. The van der Waals surface area contributed by atoms with Gasteiger partial charge in [-0.25, -0.2) is 0 Å². The molecular weight excluding hydrogens is 216 g/mol. The average Bonchev–Trinajstić information content (AvgIpc) is 2.20. The predicted molar refractivity (Wildman–Crippen MR) is 54.5 cm³/mol. The molecule has 0 saturated carbocycles. The lowest BCUT2D eigenvalue weighted by atomic mass is 10.2. The Morgan fingerprint density at radius 3 is 1.50 bits per heavy atom. The summed E-state index contributed by atoms with van der Waals surface area (Å²) in [4.78, 5) is 22.4. The minimum absolute atomic E-state index is 0. The minimum Gasteiger partial charge on any atom is -0.481 e. The molecule has 0 aliphatic heterocycles. The lowest BCUT2D eigenvalue weighted by molar-refractivity contribution is -0.140. The molecule has 0 aromatic heterocycles. The van der Waals surface area contributed by atoms with Crippen LogP contribution in [0, 0.1) is 16.7 Å². The predicted octanol–water partition coefficient (Wildman–Crippen LogP) is 0.199. The quantitative estimate of drug-likeness (QED) is 0.309. The van der Waals surface area contributed by atoms with Gasteiger partial charge in [-0.1, -0.05) is 13.8 Å². The second-order valence-electron chi connectivity index (χ2n) is 2.73. The van der Waals surface area contributed by atoms with E-state index in [0.29, 0.717) is 0 Å². The van der Waals surface area contributed by atoms with Crippen LogP contribution < -0.4 is 0 Å². The van der Waals surface area contributed by atoms with Crippen LogP contribution in [-0.2, 0) is 9.59 Å². The second kappa shape index (κ2) is 15.4. The van der Waals surface area contributed by atoms with E-state index in [4.69, 9.17) is 21.4 Å². The Morgan fingerprint density at radius 2 is 1.50 bits per heavy atom. The zero-order valence-corrected chi connectivity index (χ0v) is 9.63. The Kier molecular flexibility index (Phi) is 22.7. The van der Waals surface area contributed by atoms with Crippen LogP contribution in [0.15, 0.2) is 0 Å². The number of hydrogen-bond acceptors (Lipinski definition) is 4. The molecule has 0 rings (SSSR count). The number of nitrogens with zero attached hydrogens (tertiary/aromatic N) is 4. The van der Waals surface area contributed by atoms with Gasteiger partial charge in [0, 0.05) is 24.6 Å². The van der Waals surface area contributed by atoms with E-state index >= 15 is 0 Å². The van der Waals surface area contributed by atoms with Gasteiger partial charge >= 0.3 is 11.7 Å². The van der Waals surface area contributed by atoms with E-state index in [9.17, 15) is 9.59 Å². The molecule has 8 heteroatoms. The molecule has 0 heterocycles. The third-order valence-electron chi connectivity index (χ3n) is 1.15. The van der Waals surface area contributed by atoms with Gasteiger partial charge in [0.15, 0.2) is 0 Å². The number of aliphatic carboxylic acids is 1. The molecule has 0 saturated heterocycles. The smallest absolute Gasteiger partial charge is 0.331 e. The molecule has 92 valence electrons. The molecule has 0 amide bonds. The Morgan fingerprint density at radius 1 is 1.25 bits per heavy atom. The fourth-order valence-electron chi connectivity index (χ4n) is 0.0704. The van der Waals surface area contributed by atoms with Crippen molar-refractivity contribution < 1.29 is 25.0 Å². The van der Waals surface area contributed by atoms with Gasteiger partial charge < -0.3 is 16.1 Å². The number of rotatable bonds is 2. The van der Waals surface area contributed by atoms with Crippen molar-refractivity contribution in [1.29, 1.82) is 10.8 Å². The number of carboxylic acids is 1. The summed E-state index contributed by atoms with van der Waals surface area (Å²) in [7, 11) is 0. The molecule has 0 atom stereocenters. The first kappa shape index (κ1) is 23.6. The van der Waals surface area contributed by atoms with Crippen molar-refractivity contribution in [1.82, 2.24) is 0 Å². The summed E-state index contributed by atoms with van der Waals surface area (Å²) >= 11 is 0. The SMILES string of the molecule is CC(=O)C(C)=[N+]=[N-].CC(C)C(=O)O.N#N.O. The minimum atomic E-state index is -0.741.